The van der Waals surface area contributed by atoms with Gasteiger partial charge in [0.2, 0.25) is 5.91 Å². The summed E-state index contributed by atoms with van der Waals surface area (Å²) in [5, 5.41) is 11.6. The second kappa shape index (κ2) is 7.77. The van der Waals surface area contributed by atoms with E-state index in [0.29, 0.717) is 30.9 Å². The van der Waals surface area contributed by atoms with Crippen LogP contribution in [0.25, 0.3) is 0 Å². The van der Waals surface area contributed by atoms with Crippen LogP contribution in [0.4, 0.5) is 10.1 Å². The average Bonchev–Trinajstić information content (AvgIpc) is 3.16. The Morgan fingerprint density at radius 2 is 2.24 bits per heavy atom. The molecule has 0 spiro atoms. The Hall–Kier alpha value is -2.91. The quantitative estimate of drug-likeness (QED) is 0.907. The van der Waals surface area contributed by atoms with Crippen molar-refractivity contribution in [2.24, 2.45) is 5.92 Å². The van der Waals surface area contributed by atoms with Crippen LogP contribution in [0.3, 0.4) is 0 Å². The molecule has 2 aromatic rings. The maximum Gasteiger partial charge on any atom is 0.229 e. The highest BCUT2D eigenvalue weighted by Gasteiger charge is 2.23. The summed E-state index contributed by atoms with van der Waals surface area (Å²) in [4.78, 5) is 12.0. The zero-order valence-electron chi connectivity index (χ0n) is 13.5. The van der Waals surface area contributed by atoms with E-state index in [2.05, 4.69) is 5.32 Å². The number of anilines is 1. The molecule has 0 aliphatic carbocycles. The van der Waals surface area contributed by atoms with Gasteiger partial charge in [0.25, 0.3) is 0 Å². The van der Waals surface area contributed by atoms with Crippen LogP contribution in [0.5, 0.6) is 5.75 Å². The highest BCUT2D eigenvalue weighted by Crippen LogP contribution is 2.23. The van der Waals surface area contributed by atoms with E-state index in [1.54, 1.807) is 30.3 Å². The first-order valence-corrected chi connectivity index (χ1v) is 7.95. The number of amides is 1. The van der Waals surface area contributed by atoms with Crippen LogP contribution in [-0.4, -0.2) is 19.1 Å². The number of carbonyl (C=O) groups is 1. The lowest BCUT2D eigenvalue weighted by Crippen LogP contribution is -2.22. The monoisotopic (exact) mass is 340 g/mol. The van der Waals surface area contributed by atoms with E-state index in [0.717, 1.165) is 5.56 Å². The number of nitriles is 1. The molecule has 25 heavy (non-hydrogen) atoms. The first-order valence-electron chi connectivity index (χ1n) is 7.95. The van der Waals surface area contributed by atoms with Crippen LogP contribution in [-0.2, 0) is 16.1 Å². The minimum absolute atomic E-state index is 0.0876. The molecular formula is C19H17FN2O3. The summed E-state index contributed by atoms with van der Waals surface area (Å²) >= 11 is 0. The Labute approximate surface area is 145 Å². The number of halogens is 1. The summed E-state index contributed by atoms with van der Waals surface area (Å²) < 4.78 is 24.8. The summed E-state index contributed by atoms with van der Waals surface area (Å²) in [6.45, 7) is 1.13. The molecule has 0 unspecified atom stereocenters. The van der Waals surface area contributed by atoms with E-state index < -0.39 is 5.82 Å². The van der Waals surface area contributed by atoms with Gasteiger partial charge >= 0.3 is 0 Å². The molecule has 1 atom stereocenters. The summed E-state index contributed by atoms with van der Waals surface area (Å²) in [7, 11) is 0. The maximum atomic E-state index is 14.2. The molecule has 0 saturated carbocycles. The molecule has 1 fully saturated rings. The van der Waals surface area contributed by atoms with Crippen LogP contribution in [0.1, 0.15) is 17.5 Å². The molecule has 6 heteroatoms. The summed E-state index contributed by atoms with van der Waals surface area (Å²) in [6, 6.07) is 13.3. The van der Waals surface area contributed by atoms with Gasteiger partial charge in [0.15, 0.2) is 11.6 Å². The number of rotatable bonds is 5. The van der Waals surface area contributed by atoms with Gasteiger partial charge in [0, 0.05) is 18.4 Å². The zero-order valence-corrected chi connectivity index (χ0v) is 13.5. The zero-order chi connectivity index (χ0) is 17.6. The third-order valence-electron chi connectivity index (χ3n) is 3.95. The SMILES string of the molecule is N#Cc1cccc(COc2ccc(NC(=O)[C@@H]3CCOC3)cc2F)c1. The normalized spacial score (nSPS) is 16.2. The van der Waals surface area contributed by atoms with Crippen molar-refractivity contribution >= 4 is 11.6 Å². The van der Waals surface area contributed by atoms with Gasteiger partial charge in [0.1, 0.15) is 6.61 Å². The Morgan fingerprint density at radius 1 is 1.36 bits per heavy atom. The molecule has 0 bridgehead atoms. The van der Waals surface area contributed by atoms with Crippen LogP contribution < -0.4 is 10.1 Å². The average molecular weight is 340 g/mol. The van der Waals surface area contributed by atoms with Gasteiger partial charge in [-0.15, -0.1) is 0 Å². The third-order valence-corrected chi connectivity index (χ3v) is 3.95. The Bertz CT molecular complexity index is 811. The molecule has 0 radical (unpaired) electrons. The lowest BCUT2D eigenvalue weighted by atomic mass is 10.1. The number of hydrogen-bond donors (Lipinski definition) is 1. The fraction of sp³-hybridized carbons (Fsp3) is 0.263. The van der Waals surface area contributed by atoms with Gasteiger partial charge in [-0.2, -0.15) is 5.26 Å². The predicted octanol–water partition coefficient (Wildman–Crippen LogP) is 3.25. The van der Waals surface area contributed by atoms with Crippen molar-refractivity contribution in [3.8, 4) is 11.8 Å². The van der Waals surface area contributed by atoms with Gasteiger partial charge in [-0.3, -0.25) is 4.79 Å². The summed E-state index contributed by atoms with van der Waals surface area (Å²) in [5.41, 5.74) is 1.68. The van der Waals surface area contributed by atoms with Crippen molar-refractivity contribution in [3.05, 3.63) is 59.4 Å². The molecule has 3 rings (SSSR count). The highest BCUT2D eigenvalue weighted by molar-refractivity contribution is 5.92. The molecule has 0 aromatic heterocycles. The molecule has 1 N–H and O–H groups in total. The van der Waals surface area contributed by atoms with Crippen molar-refractivity contribution in [3.63, 3.8) is 0 Å². The van der Waals surface area contributed by atoms with E-state index in [4.69, 9.17) is 14.7 Å². The minimum Gasteiger partial charge on any atom is -0.486 e. The molecule has 2 aromatic carbocycles. The van der Waals surface area contributed by atoms with E-state index in [9.17, 15) is 9.18 Å². The molecule has 5 nitrogen and oxygen atoms in total. The van der Waals surface area contributed by atoms with Crippen molar-refractivity contribution in [2.75, 3.05) is 18.5 Å². The van der Waals surface area contributed by atoms with E-state index >= 15 is 0 Å². The highest BCUT2D eigenvalue weighted by atomic mass is 19.1. The lowest BCUT2D eigenvalue weighted by molar-refractivity contribution is -0.119. The van der Waals surface area contributed by atoms with Crippen LogP contribution in [0.2, 0.25) is 0 Å². The van der Waals surface area contributed by atoms with Gasteiger partial charge in [-0.05, 0) is 36.2 Å². The van der Waals surface area contributed by atoms with Crippen LogP contribution in [0, 0.1) is 23.1 Å². The topological polar surface area (TPSA) is 71.3 Å². The number of ether oxygens (including phenoxy) is 2. The fourth-order valence-electron chi connectivity index (χ4n) is 2.57. The Kier molecular flexibility index (Phi) is 5.26. The molecule has 128 valence electrons. The molecule has 1 amide bonds. The smallest absolute Gasteiger partial charge is 0.229 e. The van der Waals surface area contributed by atoms with Crippen molar-refractivity contribution < 1.29 is 18.7 Å². The second-order valence-corrected chi connectivity index (χ2v) is 5.80. The second-order valence-electron chi connectivity index (χ2n) is 5.80. The van der Waals surface area contributed by atoms with Crippen LogP contribution in [0.15, 0.2) is 42.5 Å². The van der Waals surface area contributed by atoms with E-state index in [1.165, 1.54) is 12.1 Å². The summed E-state index contributed by atoms with van der Waals surface area (Å²) in [6.07, 6.45) is 0.678. The van der Waals surface area contributed by atoms with Gasteiger partial charge in [-0.25, -0.2) is 4.39 Å². The molecule has 1 aliphatic heterocycles. The fourth-order valence-corrected chi connectivity index (χ4v) is 2.57. The number of carbonyl (C=O) groups excluding carboxylic acids is 1. The van der Waals surface area contributed by atoms with Gasteiger partial charge < -0.3 is 14.8 Å². The van der Waals surface area contributed by atoms with Crippen LogP contribution >= 0.6 is 0 Å². The first kappa shape index (κ1) is 16.9. The number of hydrogen-bond acceptors (Lipinski definition) is 4. The Balaban J connectivity index is 1.61. The van der Waals surface area contributed by atoms with E-state index in [-0.39, 0.29) is 24.2 Å². The van der Waals surface area contributed by atoms with Crippen molar-refractivity contribution in [1.29, 1.82) is 5.26 Å². The lowest BCUT2D eigenvalue weighted by Gasteiger charge is -2.11. The maximum absolute atomic E-state index is 14.2. The molecule has 1 saturated heterocycles. The summed E-state index contributed by atoms with van der Waals surface area (Å²) in [5.74, 6) is -0.827. The largest absolute Gasteiger partial charge is 0.486 e. The first-order chi connectivity index (χ1) is 12.2. The number of nitrogens with one attached hydrogen (secondary N) is 1. The molecular weight excluding hydrogens is 323 g/mol. The number of benzene rings is 2. The minimum atomic E-state index is -0.558. The van der Waals surface area contributed by atoms with Crippen molar-refractivity contribution in [1.82, 2.24) is 0 Å². The van der Waals surface area contributed by atoms with E-state index in [1.807, 2.05) is 6.07 Å². The number of nitrogens with zero attached hydrogens (tertiary/aromatic N) is 1. The third kappa shape index (κ3) is 4.34. The Morgan fingerprint density at radius 3 is 2.96 bits per heavy atom. The predicted molar refractivity (Wildman–Crippen MR) is 89.4 cm³/mol. The van der Waals surface area contributed by atoms with Gasteiger partial charge in [0.05, 0.1) is 24.2 Å². The van der Waals surface area contributed by atoms with Crippen molar-refractivity contribution in [2.45, 2.75) is 13.0 Å². The molecule has 1 aliphatic rings. The molecule has 1 heterocycles. The standard InChI is InChI=1S/C19H17FN2O3/c20-17-9-16(22-19(23)15-6-7-24-12-15)4-5-18(17)25-11-14-3-1-2-13(8-14)10-21/h1-5,8-9,15H,6-7,11-12H2,(H,22,23)/t15-/m1/s1. The van der Waals surface area contributed by atoms with Gasteiger partial charge in [-0.1, -0.05) is 12.1 Å².